The average molecular weight is 1320 g/mol. The van der Waals surface area contributed by atoms with Crippen LogP contribution in [0.5, 0.6) is 17.2 Å². The number of hydrogen-bond acceptors (Lipinski definition) is 16. The minimum absolute atomic E-state index is 0.0401. The van der Waals surface area contributed by atoms with Crippen LogP contribution in [0.15, 0.2) is 224 Å². The number of aromatic nitrogens is 6. The number of carbonyl (C=O) groups is 3. The molecule has 0 radical (unpaired) electrons. The Bertz CT molecular complexity index is 4500. The predicted octanol–water partition coefficient (Wildman–Crippen LogP) is 13.3. The SMILES string of the molecule is CCc1c2c(nc3ccc(OC(=O)c4ccc(NC(=O)N(CCCCOc5cc(CN(Cc6ccccn6)Cc6ccccn6)cc(CN(Cc6ccccn6)Cc6ccccn6)c5)Cc5ccc(OCc6ccccc6)cc5)cc4)cc13)-c1cc3c(c(=O)n1C2)COC(=O)[C@]3(O)CC. The number of anilines is 1. The average Bonchev–Trinajstić information content (AvgIpc) is 1.61. The quantitative estimate of drug-likeness (QED) is 0.0265. The predicted molar refractivity (Wildman–Crippen MR) is 376 cm³/mol. The molecule has 0 spiro atoms. The number of ether oxygens (including phenoxy) is 4. The lowest BCUT2D eigenvalue weighted by atomic mass is 9.86. The van der Waals surface area contributed by atoms with Crippen LogP contribution in [-0.4, -0.2) is 80.4 Å². The molecule has 5 aromatic carbocycles. The Morgan fingerprint density at radius 2 is 1.18 bits per heavy atom. The van der Waals surface area contributed by atoms with Crippen LogP contribution in [0.2, 0.25) is 0 Å². The molecule has 2 aliphatic heterocycles. The highest BCUT2D eigenvalue weighted by atomic mass is 16.6. The molecule has 11 aromatic rings. The maximum absolute atomic E-state index is 14.5. The number of urea groups is 1. The number of nitrogens with one attached hydrogen (secondary N) is 1. The Balaban J connectivity index is 0.699. The third kappa shape index (κ3) is 16.1. The molecule has 0 unspecified atom stereocenters. The minimum Gasteiger partial charge on any atom is -0.494 e. The van der Waals surface area contributed by atoms with Crippen molar-refractivity contribution in [3.63, 3.8) is 0 Å². The number of carbonyl (C=O) groups excluding carboxylic acids is 3. The molecule has 6 aromatic heterocycles. The van der Waals surface area contributed by atoms with Gasteiger partial charge in [-0.1, -0.05) is 86.6 Å². The maximum atomic E-state index is 14.5. The molecule has 0 saturated heterocycles. The van der Waals surface area contributed by atoms with E-state index in [4.69, 9.17) is 23.9 Å². The number of cyclic esters (lactones) is 1. The van der Waals surface area contributed by atoms with Crippen LogP contribution in [0, 0.1) is 0 Å². The molecule has 2 aliphatic rings. The van der Waals surface area contributed by atoms with Gasteiger partial charge in [0.25, 0.3) is 5.56 Å². The highest BCUT2D eigenvalue weighted by Crippen LogP contribution is 2.41. The normalized spacial score (nSPS) is 13.7. The summed E-state index contributed by atoms with van der Waals surface area (Å²) in [6.07, 6.45) is 9.18. The number of hydrogen-bond donors (Lipinski definition) is 2. The van der Waals surface area contributed by atoms with Gasteiger partial charge in [0.1, 0.15) is 30.5 Å². The number of aryl methyl sites for hydroxylation is 1. The number of rotatable bonds is 28. The van der Waals surface area contributed by atoms with Crippen LogP contribution in [0.3, 0.4) is 0 Å². The molecule has 0 bridgehead atoms. The zero-order valence-corrected chi connectivity index (χ0v) is 55.3. The van der Waals surface area contributed by atoms with E-state index >= 15 is 0 Å². The number of nitrogens with zero attached hydrogens (tertiary/aromatic N) is 9. The highest BCUT2D eigenvalue weighted by Gasteiger charge is 2.45. The third-order valence-corrected chi connectivity index (χ3v) is 17.9. The van der Waals surface area contributed by atoms with Crippen LogP contribution in [0.4, 0.5) is 10.5 Å². The van der Waals surface area contributed by atoms with E-state index in [-0.39, 0.29) is 47.9 Å². The van der Waals surface area contributed by atoms with Gasteiger partial charge in [-0.05, 0) is 175 Å². The summed E-state index contributed by atoms with van der Waals surface area (Å²) in [6, 6.07) is 61.4. The molecule has 2 amide bonds. The van der Waals surface area contributed by atoms with Gasteiger partial charge in [-0.25, -0.2) is 19.4 Å². The van der Waals surface area contributed by atoms with Crippen molar-refractivity contribution in [1.29, 1.82) is 0 Å². The number of amides is 2. The molecule has 19 heteroatoms. The monoisotopic (exact) mass is 1320 g/mol. The van der Waals surface area contributed by atoms with Crippen LogP contribution in [0.25, 0.3) is 22.3 Å². The molecular weight excluding hydrogens is 1240 g/mol. The fraction of sp³-hybridized carbons (Fsp3) is 0.237. The second-order valence-corrected chi connectivity index (χ2v) is 24.9. The van der Waals surface area contributed by atoms with Crippen molar-refractivity contribution in [3.05, 3.63) is 302 Å². The number of esters is 2. The van der Waals surface area contributed by atoms with Gasteiger partial charge in [0, 0.05) is 99.3 Å². The molecule has 8 heterocycles. The lowest BCUT2D eigenvalue weighted by Crippen LogP contribution is -2.44. The topological polar surface area (TPSA) is 217 Å². The van der Waals surface area contributed by atoms with Gasteiger partial charge in [0.05, 0.1) is 64.0 Å². The number of benzene rings is 5. The van der Waals surface area contributed by atoms with E-state index in [1.54, 1.807) is 64.9 Å². The summed E-state index contributed by atoms with van der Waals surface area (Å²) in [5.41, 5.74) is 10.4. The van der Waals surface area contributed by atoms with E-state index in [1.165, 1.54) is 0 Å². The third-order valence-electron chi connectivity index (χ3n) is 17.9. The minimum atomic E-state index is -1.94. The van der Waals surface area contributed by atoms with Gasteiger partial charge in [0.15, 0.2) is 5.60 Å². The summed E-state index contributed by atoms with van der Waals surface area (Å²) < 4.78 is 25.7. The van der Waals surface area contributed by atoms with Crippen molar-refractivity contribution in [1.82, 2.24) is 44.2 Å². The smallest absolute Gasteiger partial charge is 0.343 e. The van der Waals surface area contributed by atoms with E-state index in [9.17, 15) is 24.3 Å². The van der Waals surface area contributed by atoms with E-state index < -0.39 is 17.5 Å². The molecule has 0 saturated carbocycles. The van der Waals surface area contributed by atoms with Gasteiger partial charge in [-0.15, -0.1) is 0 Å². The van der Waals surface area contributed by atoms with Gasteiger partial charge >= 0.3 is 18.0 Å². The highest BCUT2D eigenvalue weighted by molar-refractivity contribution is 5.95. The summed E-state index contributed by atoms with van der Waals surface area (Å²) in [6.45, 7) is 8.87. The Morgan fingerprint density at radius 3 is 1.76 bits per heavy atom. The fourth-order valence-corrected chi connectivity index (χ4v) is 12.9. The lowest BCUT2D eigenvalue weighted by Gasteiger charge is -2.31. The molecule has 0 fully saturated rings. The Kier molecular flexibility index (Phi) is 20.7. The Labute approximate surface area is 574 Å². The van der Waals surface area contributed by atoms with Crippen LogP contribution in [0.1, 0.15) is 111 Å². The van der Waals surface area contributed by atoms with Gasteiger partial charge in [0.2, 0.25) is 0 Å². The zero-order chi connectivity index (χ0) is 68.1. The lowest BCUT2D eigenvalue weighted by molar-refractivity contribution is -0.172. The van der Waals surface area contributed by atoms with E-state index in [2.05, 4.69) is 53.3 Å². The van der Waals surface area contributed by atoms with Gasteiger partial charge in [-0.2, -0.15) is 0 Å². The van der Waals surface area contributed by atoms with Crippen molar-refractivity contribution < 1.29 is 38.4 Å². The Morgan fingerprint density at radius 1 is 0.586 bits per heavy atom. The zero-order valence-electron chi connectivity index (χ0n) is 55.3. The molecule has 0 aliphatic carbocycles. The van der Waals surface area contributed by atoms with Crippen LogP contribution >= 0.6 is 0 Å². The molecule has 13 rings (SSSR count). The summed E-state index contributed by atoms with van der Waals surface area (Å²) in [5, 5.41) is 15.2. The van der Waals surface area contributed by atoms with Crippen LogP contribution < -0.4 is 25.1 Å². The van der Waals surface area contributed by atoms with Crippen LogP contribution in [-0.2, 0) is 87.1 Å². The summed E-state index contributed by atoms with van der Waals surface area (Å²) >= 11 is 0. The second kappa shape index (κ2) is 30.9. The summed E-state index contributed by atoms with van der Waals surface area (Å²) in [4.78, 5) is 85.3. The van der Waals surface area contributed by atoms with Crippen molar-refractivity contribution in [2.24, 2.45) is 0 Å². The summed E-state index contributed by atoms with van der Waals surface area (Å²) in [7, 11) is 0. The van der Waals surface area contributed by atoms with E-state index in [0.29, 0.717) is 119 Å². The largest absolute Gasteiger partial charge is 0.494 e. The fourth-order valence-electron chi connectivity index (χ4n) is 12.9. The van der Waals surface area contributed by atoms with Crippen molar-refractivity contribution in [3.8, 4) is 28.6 Å². The second-order valence-electron chi connectivity index (χ2n) is 24.9. The first-order valence-corrected chi connectivity index (χ1v) is 33.5. The first kappa shape index (κ1) is 66.4. The van der Waals surface area contributed by atoms with E-state index in [0.717, 1.165) is 67.3 Å². The first-order valence-electron chi connectivity index (χ1n) is 33.5. The molecule has 2 N–H and O–H groups in total. The standard InChI is InChI=1S/C80H76N10O9/c1-3-68-69-43-66(32-33-73(69)86-75-70(68)52-90-74(75)44-72-71(76(90)91)54-98-78(93)80(72,95)4-2)99-77(92)59-26-28-60(29-27-59)85-79(94)89(47-55-24-30-65(31-25-55)97-53-56-18-6-5-7-19-56)38-16-17-39-96-67-41-57(45-87(48-61-20-8-12-34-81-61)49-62-21-9-13-35-82-62)40-58(42-67)46-88(50-63-22-10-14-36-83-63)51-64-23-11-15-37-84-64/h5-15,18-37,40-44,95H,3-4,16-17,38-39,45-54H2,1-2H3,(H,85,94)/t80-/m0/s1. The maximum Gasteiger partial charge on any atom is 0.343 e. The van der Waals surface area contributed by atoms with Gasteiger partial charge < -0.3 is 38.8 Å². The molecule has 500 valence electrons. The van der Waals surface area contributed by atoms with Crippen molar-refractivity contribution in [2.75, 3.05) is 18.5 Å². The molecule has 99 heavy (non-hydrogen) atoms. The number of aliphatic hydroxyl groups is 1. The number of fused-ring (bicyclic) bond motifs is 5. The number of unbranched alkanes of at least 4 members (excludes halogenated alkanes) is 1. The molecular formula is C80H76N10O9. The molecule has 1 atom stereocenters. The van der Waals surface area contributed by atoms with Gasteiger partial charge in [-0.3, -0.25) is 34.5 Å². The molecule has 19 nitrogen and oxygen atoms in total. The first-order chi connectivity index (χ1) is 48.4. The van der Waals surface area contributed by atoms with Crippen molar-refractivity contribution >= 4 is 34.6 Å². The number of pyridine rings is 6. The van der Waals surface area contributed by atoms with E-state index in [1.807, 2.05) is 159 Å². The van der Waals surface area contributed by atoms with Crippen molar-refractivity contribution in [2.45, 2.75) is 111 Å². The summed E-state index contributed by atoms with van der Waals surface area (Å²) in [5.74, 6) is 0.375. The Hall–Kier alpha value is -11.3.